The predicted octanol–water partition coefficient (Wildman–Crippen LogP) is 1.63. The molecule has 0 aliphatic heterocycles. The van der Waals surface area contributed by atoms with Crippen LogP contribution >= 0.6 is 0 Å². The molecule has 2 N–H and O–H groups in total. The van der Waals surface area contributed by atoms with Gasteiger partial charge in [-0.15, -0.1) is 0 Å². The van der Waals surface area contributed by atoms with Crippen LogP contribution in [-0.4, -0.2) is 75.2 Å². The molecule has 0 saturated heterocycles. The lowest BCUT2D eigenvalue weighted by atomic mass is 10.3. The molecular formula is C16H38N4. The highest BCUT2D eigenvalue weighted by Gasteiger charge is 2.03. The van der Waals surface area contributed by atoms with Crippen LogP contribution in [0.2, 0.25) is 0 Å². The van der Waals surface area contributed by atoms with E-state index in [1.54, 1.807) is 0 Å². The van der Waals surface area contributed by atoms with Crippen molar-refractivity contribution in [3.8, 4) is 0 Å². The molecule has 0 spiro atoms. The van der Waals surface area contributed by atoms with Crippen molar-refractivity contribution < 1.29 is 0 Å². The van der Waals surface area contributed by atoms with Gasteiger partial charge in [-0.3, -0.25) is 0 Å². The fraction of sp³-hybridized carbons (Fsp3) is 1.00. The minimum absolute atomic E-state index is 1.07. The number of nitrogens with one attached hydrogen (secondary N) is 2. The summed E-state index contributed by atoms with van der Waals surface area (Å²) >= 11 is 0. The van der Waals surface area contributed by atoms with Crippen LogP contribution < -0.4 is 10.6 Å². The minimum atomic E-state index is 1.07. The maximum atomic E-state index is 3.58. The molecule has 0 aliphatic carbocycles. The van der Waals surface area contributed by atoms with Crippen molar-refractivity contribution in [2.24, 2.45) is 0 Å². The second-order valence-electron chi connectivity index (χ2n) is 5.38. The molecule has 0 rings (SSSR count). The number of hydrogen-bond donors (Lipinski definition) is 2. The molecule has 0 aromatic rings. The molecular weight excluding hydrogens is 248 g/mol. The minimum Gasteiger partial charge on any atom is -0.316 e. The lowest BCUT2D eigenvalue weighted by Crippen LogP contribution is -2.39. The highest BCUT2D eigenvalue weighted by Crippen LogP contribution is 1.92. The summed E-state index contributed by atoms with van der Waals surface area (Å²) in [6, 6.07) is 0. The maximum Gasteiger partial charge on any atom is 0.0107 e. The zero-order chi connectivity index (χ0) is 15.1. The van der Waals surface area contributed by atoms with Gasteiger partial charge in [-0.2, -0.15) is 0 Å². The van der Waals surface area contributed by atoms with Gasteiger partial charge in [-0.25, -0.2) is 0 Å². The first kappa shape index (κ1) is 19.8. The highest BCUT2D eigenvalue weighted by atomic mass is 15.2. The second-order valence-corrected chi connectivity index (χ2v) is 5.38. The van der Waals surface area contributed by atoms with Crippen molar-refractivity contribution in [2.45, 2.75) is 40.5 Å². The monoisotopic (exact) mass is 286 g/mol. The molecule has 0 fully saturated rings. The van der Waals surface area contributed by atoms with E-state index in [9.17, 15) is 0 Å². The Morgan fingerprint density at radius 3 is 1.55 bits per heavy atom. The average molecular weight is 287 g/mol. The lowest BCUT2D eigenvalue weighted by molar-refractivity contribution is 0.262. The summed E-state index contributed by atoms with van der Waals surface area (Å²) in [5, 5.41) is 6.97. The first-order valence-corrected chi connectivity index (χ1v) is 8.64. The summed E-state index contributed by atoms with van der Waals surface area (Å²) in [5.74, 6) is 0. The van der Waals surface area contributed by atoms with Gasteiger partial charge in [0.25, 0.3) is 0 Å². The van der Waals surface area contributed by atoms with Crippen LogP contribution in [0.3, 0.4) is 0 Å². The predicted molar refractivity (Wildman–Crippen MR) is 90.5 cm³/mol. The maximum absolute atomic E-state index is 3.58. The van der Waals surface area contributed by atoms with E-state index in [1.807, 2.05) is 0 Å². The van der Waals surface area contributed by atoms with Crippen LogP contribution in [-0.2, 0) is 0 Å². The van der Waals surface area contributed by atoms with Crippen molar-refractivity contribution in [1.29, 1.82) is 0 Å². The number of rotatable bonds is 15. The van der Waals surface area contributed by atoms with Crippen LogP contribution in [0.25, 0.3) is 0 Å². The summed E-state index contributed by atoms with van der Waals surface area (Å²) in [6.07, 6.45) is 2.52. The number of nitrogens with zero attached hydrogens (tertiary/aromatic N) is 2. The quantitative estimate of drug-likeness (QED) is 0.448. The molecule has 0 aromatic carbocycles. The van der Waals surface area contributed by atoms with E-state index in [2.05, 4.69) is 48.1 Å². The third kappa shape index (κ3) is 11.6. The first-order chi connectivity index (χ1) is 9.78. The Morgan fingerprint density at radius 2 is 1.10 bits per heavy atom. The highest BCUT2D eigenvalue weighted by molar-refractivity contribution is 4.62. The van der Waals surface area contributed by atoms with Gasteiger partial charge in [0.2, 0.25) is 0 Å². The lowest BCUT2D eigenvalue weighted by Gasteiger charge is -2.23. The molecule has 0 amide bonds. The molecule has 0 saturated carbocycles. The van der Waals surface area contributed by atoms with Crippen molar-refractivity contribution in [3.05, 3.63) is 0 Å². The van der Waals surface area contributed by atoms with Crippen LogP contribution in [0.1, 0.15) is 40.5 Å². The molecule has 0 unspecified atom stereocenters. The third-order valence-electron chi connectivity index (χ3n) is 3.59. The Balaban J connectivity index is 3.56. The third-order valence-corrected chi connectivity index (χ3v) is 3.59. The fourth-order valence-corrected chi connectivity index (χ4v) is 2.41. The van der Waals surface area contributed by atoms with E-state index in [-0.39, 0.29) is 0 Å². The topological polar surface area (TPSA) is 30.5 Å². The fourth-order valence-electron chi connectivity index (χ4n) is 2.41. The van der Waals surface area contributed by atoms with E-state index in [0.717, 1.165) is 45.8 Å². The zero-order valence-electron chi connectivity index (χ0n) is 14.4. The number of likely N-dealkylation sites (N-methyl/N-ethyl adjacent to an activating group) is 2. The molecule has 0 bridgehead atoms. The molecule has 0 radical (unpaired) electrons. The average Bonchev–Trinajstić information content (AvgIpc) is 2.45. The molecule has 122 valence electrons. The van der Waals surface area contributed by atoms with Crippen LogP contribution in [0, 0.1) is 0 Å². The Bertz CT molecular complexity index is 181. The summed E-state index contributed by atoms with van der Waals surface area (Å²) in [5.41, 5.74) is 0. The Kier molecular flexibility index (Phi) is 15.1. The van der Waals surface area contributed by atoms with Gasteiger partial charge in [0.05, 0.1) is 0 Å². The second kappa shape index (κ2) is 15.2. The van der Waals surface area contributed by atoms with E-state index in [1.165, 1.54) is 32.5 Å². The Labute approximate surface area is 127 Å². The summed E-state index contributed by atoms with van der Waals surface area (Å²) in [4.78, 5) is 5.07. The SMILES string of the molecule is CCCN(CCC)CCNCCN(CC)CCNCC. The normalized spacial score (nSPS) is 11.7. The van der Waals surface area contributed by atoms with E-state index in [0.29, 0.717) is 0 Å². The molecule has 0 aliphatic rings. The van der Waals surface area contributed by atoms with E-state index < -0.39 is 0 Å². The molecule has 4 heteroatoms. The summed E-state index contributed by atoms with van der Waals surface area (Å²) in [7, 11) is 0. The van der Waals surface area contributed by atoms with Crippen LogP contribution in [0.5, 0.6) is 0 Å². The van der Waals surface area contributed by atoms with Crippen molar-refractivity contribution >= 4 is 0 Å². The zero-order valence-corrected chi connectivity index (χ0v) is 14.4. The van der Waals surface area contributed by atoms with Gasteiger partial charge in [0.1, 0.15) is 0 Å². The number of hydrogen-bond acceptors (Lipinski definition) is 4. The van der Waals surface area contributed by atoms with Crippen LogP contribution in [0.4, 0.5) is 0 Å². The molecule has 0 atom stereocenters. The van der Waals surface area contributed by atoms with Crippen molar-refractivity contribution in [3.63, 3.8) is 0 Å². The van der Waals surface area contributed by atoms with Gasteiger partial charge in [0.15, 0.2) is 0 Å². The van der Waals surface area contributed by atoms with Gasteiger partial charge < -0.3 is 20.4 Å². The first-order valence-electron chi connectivity index (χ1n) is 8.64. The summed E-state index contributed by atoms with van der Waals surface area (Å²) < 4.78 is 0. The van der Waals surface area contributed by atoms with E-state index >= 15 is 0 Å². The van der Waals surface area contributed by atoms with Gasteiger partial charge >= 0.3 is 0 Å². The van der Waals surface area contributed by atoms with Gasteiger partial charge in [-0.05, 0) is 39.0 Å². The summed E-state index contributed by atoms with van der Waals surface area (Å²) in [6.45, 7) is 20.4. The van der Waals surface area contributed by atoms with Gasteiger partial charge in [0, 0.05) is 39.3 Å². The molecule has 0 heterocycles. The Morgan fingerprint density at radius 1 is 0.600 bits per heavy atom. The smallest absolute Gasteiger partial charge is 0.0107 e. The standard InChI is InChI=1S/C16H38N4/c1-5-12-20(13-6-2)16-11-18-10-15-19(8-4)14-9-17-7-3/h17-18H,5-16H2,1-4H3. The van der Waals surface area contributed by atoms with Crippen LogP contribution in [0.15, 0.2) is 0 Å². The van der Waals surface area contributed by atoms with Crippen molar-refractivity contribution in [2.75, 3.05) is 65.4 Å². The van der Waals surface area contributed by atoms with Crippen molar-refractivity contribution in [1.82, 2.24) is 20.4 Å². The molecule has 4 nitrogen and oxygen atoms in total. The molecule has 20 heavy (non-hydrogen) atoms. The Hall–Kier alpha value is -0.160. The van der Waals surface area contributed by atoms with Gasteiger partial charge in [-0.1, -0.05) is 27.7 Å². The van der Waals surface area contributed by atoms with E-state index in [4.69, 9.17) is 0 Å². The molecule has 0 aromatic heterocycles. The largest absolute Gasteiger partial charge is 0.316 e.